The monoisotopic (exact) mass is 445 g/mol. The molecule has 2 aromatic heterocycles. The van der Waals surface area contributed by atoms with Crippen molar-refractivity contribution < 1.29 is 23.8 Å². The first-order chi connectivity index (χ1) is 15.4. The molecule has 0 aliphatic heterocycles. The predicted octanol–water partition coefficient (Wildman–Crippen LogP) is 3.16. The molecule has 0 spiro atoms. The van der Waals surface area contributed by atoms with Crippen molar-refractivity contribution in [1.29, 1.82) is 0 Å². The van der Waals surface area contributed by atoms with Gasteiger partial charge in [-0.15, -0.1) is 0 Å². The number of methoxy groups -OCH3 is 2. The van der Waals surface area contributed by atoms with E-state index in [0.717, 1.165) is 31.4 Å². The quantitative estimate of drug-likeness (QED) is 0.541. The molecule has 2 amide bonds. The Hall–Kier alpha value is -3.30. The third-order valence-electron chi connectivity index (χ3n) is 5.64. The normalized spacial score (nSPS) is 18.6. The van der Waals surface area contributed by atoms with Crippen molar-refractivity contribution in [3.8, 4) is 11.6 Å². The van der Waals surface area contributed by atoms with Crippen LogP contribution in [0.3, 0.4) is 0 Å². The predicted molar refractivity (Wildman–Crippen MR) is 118 cm³/mol. The number of nitrogens with one attached hydrogen (secondary N) is 3. The van der Waals surface area contributed by atoms with Crippen LogP contribution in [0, 0.1) is 0 Å². The Morgan fingerprint density at radius 2 is 2.06 bits per heavy atom. The summed E-state index contributed by atoms with van der Waals surface area (Å²) in [5.41, 5.74) is 1.58. The van der Waals surface area contributed by atoms with Crippen molar-refractivity contribution in [1.82, 2.24) is 20.5 Å². The number of amides is 2. The van der Waals surface area contributed by atoms with Gasteiger partial charge < -0.3 is 24.8 Å². The van der Waals surface area contributed by atoms with E-state index in [4.69, 9.17) is 14.2 Å². The number of rotatable bonds is 9. The van der Waals surface area contributed by atoms with Crippen LogP contribution in [0.4, 0.5) is 10.6 Å². The maximum atomic E-state index is 12.5. The van der Waals surface area contributed by atoms with Crippen molar-refractivity contribution in [2.24, 2.45) is 0 Å². The van der Waals surface area contributed by atoms with Gasteiger partial charge in [-0.25, -0.2) is 9.78 Å². The van der Waals surface area contributed by atoms with Crippen molar-refractivity contribution in [2.45, 2.75) is 64.0 Å². The number of pyridine rings is 1. The van der Waals surface area contributed by atoms with Gasteiger partial charge in [0.15, 0.2) is 5.82 Å². The smallest absolute Gasteiger partial charge is 0.407 e. The number of hydrogen-bond donors (Lipinski definition) is 3. The number of hydrogen-bond acceptors (Lipinski definition) is 7. The van der Waals surface area contributed by atoms with Gasteiger partial charge in [-0.2, -0.15) is 5.10 Å². The molecule has 1 saturated carbocycles. The van der Waals surface area contributed by atoms with Gasteiger partial charge in [0, 0.05) is 35.3 Å². The first-order valence-electron chi connectivity index (χ1n) is 10.8. The van der Waals surface area contributed by atoms with Gasteiger partial charge in [0.25, 0.3) is 0 Å². The fourth-order valence-electron chi connectivity index (χ4n) is 3.68. The van der Waals surface area contributed by atoms with E-state index in [1.165, 1.54) is 20.4 Å². The van der Waals surface area contributed by atoms with Crippen LogP contribution in [0.1, 0.15) is 56.7 Å². The summed E-state index contributed by atoms with van der Waals surface area (Å²) in [4.78, 5) is 28.5. The topological polar surface area (TPSA) is 127 Å². The number of aromatic nitrogens is 3. The molecule has 1 fully saturated rings. The van der Waals surface area contributed by atoms with Gasteiger partial charge in [-0.05, 0) is 32.6 Å². The molecule has 10 heteroatoms. The molecule has 2 aromatic rings. The Kier molecular flexibility index (Phi) is 7.91. The van der Waals surface area contributed by atoms with Crippen molar-refractivity contribution >= 4 is 17.8 Å². The summed E-state index contributed by atoms with van der Waals surface area (Å²) in [5.74, 6) is 1.33. The lowest BCUT2D eigenvalue weighted by Gasteiger charge is -2.16. The molecule has 32 heavy (non-hydrogen) atoms. The van der Waals surface area contributed by atoms with Crippen LogP contribution >= 0.6 is 0 Å². The molecule has 10 nitrogen and oxygen atoms in total. The first kappa shape index (κ1) is 23.4. The average molecular weight is 446 g/mol. The summed E-state index contributed by atoms with van der Waals surface area (Å²) in [6.45, 7) is 3.95. The minimum absolute atomic E-state index is 0.0895. The summed E-state index contributed by atoms with van der Waals surface area (Å²) in [7, 11) is 3.04. The van der Waals surface area contributed by atoms with E-state index in [1.54, 1.807) is 6.07 Å². The standard InChI is InChI=1S/C22H31N5O5/c1-5-13(2)24-22(29)32-16-7-6-14(8-16)17-11-19(27-26-17)25-20(28)9-15-10-21(31-4)23-12-18(15)30-3/h10-14,16H,5-9H2,1-4H3,(H,24,29)(H2,25,26,27,28)/t13-,14-,16+/m0/s1. The summed E-state index contributed by atoms with van der Waals surface area (Å²) in [5, 5.41) is 12.8. The van der Waals surface area contributed by atoms with Gasteiger partial charge in [-0.3, -0.25) is 9.89 Å². The second kappa shape index (κ2) is 10.8. The Morgan fingerprint density at radius 1 is 1.25 bits per heavy atom. The molecule has 0 radical (unpaired) electrons. The van der Waals surface area contributed by atoms with E-state index in [1.807, 2.05) is 19.9 Å². The Balaban J connectivity index is 1.53. The van der Waals surface area contributed by atoms with Gasteiger partial charge in [0.05, 0.1) is 26.8 Å². The third-order valence-corrected chi connectivity index (χ3v) is 5.64. The second-order valence-corrected chi connectivity index (χ2v) is 7.96. The maximum absolute atomic E-state index is 12.5. The minimum atomic E-state index is -0.370. The van der Waals surface area contributed by atoms with Crippen LogP contribution < -0.4 is 20.1 Å². The molecule has 0 aromatic carbocycles. The fraction of sp³-hybridized carbons (Fsp3) is 0.545. The van der Waals surface area contributed by atoms with E-state index >= 15 is 0 Å². The van der Waals surface area contributed by atoms with E-state index in [9.17, 15) is 9.59 Å². The molecule has 1 aliphatic carbocycles. The molecule has 1 aliphatic rings. The third kappa shape index (κ3) is 6.12. The molecule has 3 atom stereocenters. The number of carbonyl (C=O) groups excluding carboxylic acids is 2. The van der Waals surface area contributed by atoms with Crippen LogP contribution in [0.25, 0.3) is 0 Å². The Labute approximate surface area is 187 Å². The van der Waals surface area contributed by atoms with Gasteiger partial charge in [0.1, 0.15) is 11.9 Å². The van der Waals surface area contributed by atoms with E-state index in [2.05, 4.69) is 25.8 Å². The zero-order chi connectivity index (χ0) is 23.1. The highest BCUT2D eigenvalue weighted by Crippen LogP contribution is 2.36. The number of anilines is 1. The van der Waals surface area contributed by atoms with Gasteiger partial charge in [0.2, 0.25) is 11.8 Å². The van der Waals surface area contributed by atoms with Crippen LogP contribution in [0.2, 0.25) is 0 Å². The Morgan fingerprint density at radius 3 is 2.78 bits per heavy atom. The molecule has 174 valence electrons. The summed E-state index contributed by atoms with van der Waals surface area (Å²) in [6, 6.07) is 3.59. The SMILES string of the molecule is CC[C@H](C)NC(=O)O[C@@H]1CC[C@H](c2cc(NC(=O)Cc3cc(OC)ncc3OC)n[nH]2)C1. The summed E-state index contributed by atoms with van der Waals surface area (Å²) >= 11 is 0. The molecule has 0 saturated heterocycles. The fourth-order valence-corrected chi connectivity index (χ4v) is 3.68. The van der Waals surface area contributed by atoms with Crippen LogP contribution in [-0.4, -0.2) is 53.5 Å². The minimum Gasteiger partial charge on any atom is -0.495 e. The van der Waals surface area contributed by atoms with Crippen molar-refractivity contribution in [3.05, 3.63) is 29.6 Å². The number of H-pyrrole nitrogens is 1. The molecule has 0 bridgehead atoms. The van der Waals surface area contributed by atoms with E-state index in [0.29, 0.717) is 23.0 Å². The van der Waals surface area contributed by atoms with E-state index < -0.39 is 0 Å². The largest absolute Gasteiger partial charge is 0.495 e. The van der Waals surface area contributed by atoms with Crippen LogP contribution in [0.5, 0.6) is 11.6 Å². The zero-order valence-corrected chi connectivity index (χ0v) is 18.9. The second-order valence-electron chi connectivity index (χ2n) is 7.96. The highest BCUT2D eigenvalue weighted by Gasteiger charge is 2.30. The number of aromatic amines is 1. The lowest BCUT2D eigenvalue weighted by atomic mass is 10.0. The summed E-state index contributed by atoms with van der Waals surface area (Å²) < 4.78 is 15.9. The molecule has 2 heterocycles. The van der Waals surface area contributed by atoms with Crippen molar-refractivity contribution in [3.63, 3.8) is 0 Å². The zero-order valence-electron chi connectivity index (χ0n) is 18.9. The van der Waals surface area contributed by atoms with Gasteiger partial charge in [-0.1, -0.05) is 6.92 Å². The summed E-state index contributed by atoms with van der Waals surface area (Å²) in [6.07, 6.45) is 4.37. The molecule has 3 N–H and O–H groups in total. The van der Waals surface area contributed by atoms with Gasteiger partial charge >= 0.3 is 6.09 Å². The lowest BCUT2D eigenvalue weighted by molar-refractivity contribution is -0.115. The first-order valence-corrected chi connectivity index (χ1v) is 10.8. The average Bonchev–Trinajstić information content (AvgIpc) is 3.42. The molecular weight excluding hydrogens is 414 g/mol. The van der Waals surface area contributed by atoms with Crippen LogP contribution in [0.15, 0.2) is 18.3 Å². The number of ether oxygens (including phenoxy) is 3. The maximum Gasteiger partial charge on any atom is 0.407 e. The number of nitrogens with zero attached hydrogens (tertiary/aromatic N) is 2. The lowest BCUT2D eigenvalue weighted by Crippen LogP contribution is -2.34. The van der Waals surface area contributed by atoms with Crippen LogP contribution in [-0.2, 0) is 16.0 Å². The highest BCUT2D eigenvalue weighted by molar-refractivity contribution is 5.91. The van der Waals surface area contributed by atoms with Crippen molar-refractivity contribution in [2.75, 3.05) is 19.5 Å². The Bertz CT molecular complexity index is 931. The molecule has 0 unspecified atom stereocenters. The molecular formula is C22H31N5O5. The highest BCUT2D eigenvalue weighted by atomic mass is 16.6. The van der Waals surface area contributed by atoms with E-state index in [-0.39, 0.29) is 36.5 Å². The number of carbonyl (C=O) groups is 2. The number of alkyl carbamates (subject to hydrolysis) is 1. The molecule has 3 rings (SSSR count).